The largest absolute Gasteiger partial charge is 0.307 e. The zero-order valence-electron chi connectivity index (χ0n) is 24.0. The highest BCUT2D eigenvalue weighted by molar-refractivity contribution is 6.92. The van der Waals surface area contributed by atoms with Crippen molar-refractivity contribution in [2.75, 3.05) is 0 Å². The maximum Gasteiger partial charge on any atom is 0.224 e. The van der Waals surface area contributed by atoms with E-state index >= 15 is 0 Å². The van der Waals surface area contributed by atoms with Gasteiger partial charge in [0.05, 0.1) is 35.4 Å². The molecule has 0 aliphatic carbocycles. The molecule has 0 saturated carbocycles. The SMILES string of the molecule is CC[Si](CC)(CC)c1cc2cc[n+](C)c3c4c(C)c(C)cc5c6c(-c7ccccc7)cccc6n(c(c1)c23)c54. The van der Waals surface area contributed by atoms with Gasteiger partial charge < -0.3 is 4.40 Å². The van der Waals surface area contributed by atoms with Crippen LogP contribution in [0.5, 0.6) is 0 Å². The van der Waals surface area contributed by atoms with Gasteiger partial charge in [-0.1, -0.05) is 92.6 Å². The molecular formula is C36H37N2Si+. The third-order valence-corrected chi connectivity index (χ3v) is 15.6. The van der Waals surface area contributed by atoms with E-state index < -0.39 is 8.07 Å². The lowest BCUT2D eigenvalue weighted by Gasteiger charge is -2.29. The third kappa shape index (κ3) is 3.17. The van der Waals surface area contributed by atoms with Gasteiger partial charge >= 0.3 is 0 Å². The average Bonchev–Trinajstić information content (AvgIpc) is 3.30. The molecule has 0 saturated heterocycles. The molecule has 39 heavy (non-hydrogen) atoms. The van der Waals surface area contributed by atoms with Crippen LogP contribution in [0.3, 0.4) is 0 Å². The molecule has 0 unspecified atom stereocenters. The molecule has 194 valence electrons. The Hall–Kier alpha value is -3.69. The van der Waals surface area contributed by atoms with Crippen molar-refractivity contribution < 1.29 is 4.57 Å². The third-order valence-electron chi connectivity index (χ3n) is 10.0. The zero-order chi connectivity index (χ0) is 27.1. The normalized spacial score (nSPS) is 12.7. The summed E-state index contributed by atoms with van der Waals surface area (Å²) >= 11 is 0. The molecule has 0 aliphatic heterocycles. The summed E-state index contributed by atoms with van der Waals surface area (Å²) in [5, 5.41) is 8.49. The van der Waals surface area contributed by atoms with Crippen molar-refractivity contribution in [2.24, 2.45) is 7.05 Å². The smallest absolute Gasteiger partial charge is 0.224 e. The van der Waals surface area contributed by atoms with Crippen LogP contribution in [0.4, 0.5) is 0 Å². The molecule has 0 aliphatic rings. The second-order valence-corrected chi connectivity index (χ2v) is 16.8. The Balaban J connectivity index is 1.81. The molecule has 3 aromatic heterocycles. The summed E-state index contributed by atoms with van der Waals surface area (Å²) in [6.07, 6.45) is 2.28. The second kappa shape index (κ2) is 8.66. The first kappa shape index (κ1) is 24.4. The number of fused-ring (bicyclic) bond motifs is 5. The van der Waals surface area contributed by atoms with Crippen molar-refractivity contribution in [1.29, 1.82) is 0 Å². The van der Waals surface area contributed by atoms with Crippen molar-refractivity contribution in [3.63, 3.8) is 0 Å². The number of nitrogens with zero attached hydrogens (tertiary/aromatic N) is 2. The summed E-state index contributed by atoms with van der Waals surface area (Å²) in [7, 11) is 0.629. The van der Waals surface area contributed by atoms with Crippen molar-refractivity contribution >= 4 is 62.3 Å². The van der Waals surface area contributed by atoms with E-state index in [2.05, 4.69) is 130 Å². The van der Waals surface area contributed by atoms with E-state index in [1.807, 2.05) is 0 Å². The van der Waals surface area contributed by atoms with Gasteiger partial charge in [-0.3, -0.25) is 0 Å². The van der Waals surface area contributed by atoms with Crippen LogP contribution in [0.2, 0.25) is 18.1 Å². The van der Waals surface area contributed by atoms with Gasteiger partial charge in [0, 0.05) is 16.8 Å². The number of hydrogen-bond donors (Lipinski definition) is 0. The Morgan fingerprint density at radius 2 is 1.49 bits per heavy atom. The molecule has 0 fully saturated rings. The van der Waals surface area contributed by atoms with Crippen LogP contribution in [-0.2, 0) is 7.05 Å². The first-order valence-corrected chi connectivity index (χ1v) is 17.2. The van der Waals surface area contributed by atoms with Gasteiger partial charge in [-0.05, 0) is 59.7 Å². The first-order valence-electron chi connectivity index (χ1n) is 14.5. The fourth-order valence-corrected chi connectivity index (χ4v) is 11.1. The number of hydrogen-bond acceptors (Lipinski definition) is 0. The Bertz CT molecular complexity index is 2040. The van der Waals surface area contributed by atoms with Gasteiger partial charge in [0.25, 0.3) is 0 Å². The molecule has 3 heteroatoms. The molecule has 3 heterocycles. The van der Waals surface area contributed by atoms with Gasteiger partial charge in [0.2, 0.25) is 5.52 Å². The molecule has 0 bridgehead atoms. The molecular weight excluding hydrogens is 488 g/mol. The minimum Gasteiger partial charge on any atom is -0.307 e. The fourth-order valence-electron chi connectivity index (χ4n) is 7.48. The molecule has 0 atom stereocenters. The summed E-state index contributed by atoms with van der Waals surface area (Å²) < 4.78 is 4.98. The lowest BCUT2D eigenvalue weighted by Crippen LogP contribution is -2.45. The van der Waals surface area contributed by atoms with Crippen LogP contribution >= 0.6 is 0 Å². The lowest BCUT2D eigenvalue weighted by molar-refractivity contribution is -0.643. The monoisotopic (exact) mass is 525 g/mol. The van der Waals surface area contributed by atoms with E-state index in [1.54, 1.807) is 5.19 Å². The van der Waals surface area contributed by atoms with Crippen LogP contribution in [0.25, 0.3) is 60.1 Å². The second-order valence-electron chi connectivity index (χ2n) is 11.6. The van der Waals surface area contributed by atoms with E-state index in [9.17, 15) is 0 Å². The van der Waals surface area contributed by atoms with E-state index in [4.69, 9.17) is 0 Å². The first-order chi connectivity index (χ1) is 18.9. The van der Waals surface area contributed by atoms with Crippen molar-refractivity contribution in [3.8, 4) is 11.1 Å². The minimum absolute atomic E-state index is 1.28. The lowest BCUT2D eigenvalue weighted by atomic mass is 9.95. The Morgan fingerprint density at radius 3 is 2.21 bits per heavy atom. The molecule has 7 aromatic rings. The highest BCUT2D eigenvalue weighted by Crippen LogP contribution is 2.44. The molecule has 2 nitrogen and oxygen atoms in total. The number of aryl methyl sites for hydroxylation is 3. The van der Waals surface area contributed by atoms with Gasteiger partial charge in [0.15, 0.2) is 6.20 Å². The molecule has 0 radical (unpaired) electrons. The maximum atomic E-state index is 2.62. The van der Waals surface area contributed by atoms with Crippen LogP contribution in [0, 0.1) is 13.8 Å². The van der Waals surface area contributed by atoms with Gasteiger partial charge in [-0.25, -0.2) is 4.57 Å². The predicted molar refractivity (Wildman–Crippen MR) is 172 cm³/mol. The quantitative estimate of drug-likeness (QED) is 0.0918. The minimum atomic E-state index is -1.59. The molecule has 4 aromatic carbocycles. The standard InChI is InChI=1S/C36H37N2Si/c1-7-39(8-2,9-3)27-21-26-18-19-37(6)36-32-24(5)23(4)20-29-34-28(25-14-11-10-12-15-25)16-13-17-30(34)38(35(29)32)31(22-27)33(26)36/h10-22H,7-9H2,1-6H3/q+1. The number of rotatable bonds is 5. The molecule has 0 amide bonds. The topological polar surface area (TPSA) is 8.29 Å². The van der Waals surface area contributed by atoms with E-state index in [-0.39, 0.29) is 0 Å². The Kier molecular flexibility index (Phi) is 5.41. The van der Waals surface area contributed by atoms with Crippen molar-refractivity contribution in [3.05, 3.63) is 90.1 Å². The fraction of sp³-hybridized carbons (Fsp3) is 0.250. The summed E-state index contributed by atoms with van der Waals surface area (Å²) in [5.74, 6) is 0. The predicted octanol–water partition coefficient (Wildman–Crippen LogP) is 8.81. The molecule has 0 spiro atoms. The van der Waals surface area contributed by atoms with Gasteiger partial charge in [-0.2, -0.15) is 0 Å². The van der Waals surface area contributed by atoms with E-state index in [0.717, 1.165) is 0 Å². The molecule has 7 rings (SSSR count). The van der Waals surface area contributed by atoms with Crippen molar-refractivity contribution in [2.45, 2.75) is 52.8 Å². The maximum absolute atomic E-state index is 2.62. The van der Waals surface area contributed by atoms with Crippen LogP contribution in [0.1, 0.15) is 31.9 Å². The number of pyridine rings is 2. The van der Waals surface area contributed by atoms with Crippen molar-refractivity contribution in [1.82, 2.24) is 4.40 Å². The average molecular weight is 526 g/mol. The van der Waals surface area contributed by atoms with E-state index in [1.165, 1.54) is 89.4 Å². The summed E-state index contributed by atoms with van der Waals surface area (Å²) in [6, 6.07) is 31.6. The van der Waals surface area contributed by atoms with Crippen LogP contribution < -0.4 is 9.75 Å². The van der Waals surface area contributed by atoms with Gasteiger partial charge in [0.1, 0.15) is 7.05 Å². The molecule has 0 N–H and O–H groups in total. The Morgan fingerprint density at radius 1 is 0.744 bits per heavy atom. The summed E-state index contributed by atoms with van der Waals surface area (Å²) in [4.78, 5) is 0. The zero-order valence-corrected chi connectivity index (χ0v) is 25.0. The summed E-state index contributed by atoms with van der Waals surface area (Å²) in [6.45, 7) is 11.8. The summed E-state index contributed by atoms with van der Waals surface area (Å²) in [5.41, 5.74) is 10.7. The van der Waals surface area contributed by atoms with Gasteiger partial charge in [-0.15, -0.1) is 0 Å². The Labute approximate surface area is 231 Å². The highest BCUT2D eigenvalue weighted by Gasteiger charge is 2.32. The highest BCUT2D eigenvalue weighted by atomic mass is 28.3. The van der Waals surface area contributed by atoms with Crippen LogP contribution in [0.15, 0.2) is 79.0 Å². The number of benzene rings is 4. The van der Waals surface area contributed by atoms with E-state index in [0.29, 0.717) is 0 Å². The number of aromatic nitrogens is 2. The van der Waals surface area contributed by atoms with Crippen LogP contribution in [-0.4, -0.2) is 12.5 Å².